The third-order valence-corrected chi connectivity index (χ3v) is 5.34. The van der Waals surface area contributed by atoms with Gasteiger partial charge in [-0.1, -0.05) is 62.4 Å². The first-order valence-corrected chi connectivity index (χ1v) is 10.1. The highest BCUT2D eigenvalue weighted by molar-refractivity contribution is 5.58. The number of aliphatic hydroxyl groups is 2. The van der Waals surface area contributed by atoms with Crippen LogP contribution in [0.15, 0.2) is 59.2 Å². The number of rotatable bonds is 9. The van der Waals surface area contributed by atoms with Gasteiger partial charge in [0.2, 0.25) is 0 Å². The Morgan fingerprint density at radius 1 is 0.966 bits per heavy atom. The maximum atomic E-state index is 9.30. The lowest BCUT2D eigenvalue weighted by Crippen LogP contribution is -2.47. The van der Waals surface area contributed by atoms with Gasteiger partial charge in [-0.25, -0.2) is 4.98 Å². The number of nitrogens with two attached hydrogens (primary N) is 1. The van der Waals surface area contributed by atoms with E-state index >= 15 is 0 Å². The van der Waals surface area contributed by atoms with Crippen molar-refractivity contribution in [3.8, 4) is 11.3 Å². The van der Waals surface area contributed by atoms with Gasteiger partial charge in [-0.2, -0.15) is 0 Å². The Labute approximate surface area is 172 Å². The van der Waals surface area contributed by atoms with Crippen molar-refractivity contribution in [2.24, 2.45) is 5.73 Å². The first-order valence-electron chi connectivity index (χ1n) is 10.1. The van der Waals surface area contributed by atoms with Gasteiger partial charge in [0.05, 0.1) is 18.8 Å². The monoisotopic (exact) mass is 394 g/mol. The van der Waals surface area contributed by atoms with E-state index in [1.807, 2.05) is 24.3 Å². The van der Waals surface area contributed by atoms with Crippen LogP contribution in [0.5, 0.6) is 0 Å². The zero-order valence-electron chi connectivity index (χ0n) is 17.1. The summed E-state index contributed by atoms with van der Waals surface area (Å²) < 4.78 is 5.67. The van der Waals surface area contributed by atoms with Gasteiger partial charge in [-0.3, -0.25) is 0 Å². The summed E-state index contributed by atoms with van der Waals surface area (Å²) in [7, 11) is 0. The molecule has 5 nitrogen and oxygen atoms in total. The number of hydrogen-bond acceptors (Lipinski definition) is 5. The van der Waals surface area contributed by atoms with Crippen LogP contribution in [0.1, 0.15) is 48.8 Å². The molecule has 2 aromatic carbocycles. The van der Waals surface area contributed by atoms with E-state index in [4.69, 9.17) is 10.2 Å². The Hall–Kier alpha value is -2.47. The average Bonchev–Trinajstić information content (AvgIpc) is 3.21. The van der Waals surface area contributed by atoms with Crippen LogP contribution in [-0.4, -0.2) is 33.9 Å². The van der Waals surface area contributed by atoms with Gasteiger partial charge in [0, 0.05) is 12.0 Å². The van der Waals surface area contributed by atoms with Gasteiger partial charge in [0.1, 0.15) is 12.0 Å². The summed E-state index contributed by atoms with van der Waals surface area (Å²) in [6.45, 7) is 3.91. The predicted octanol–water partition coefficient (Wildman–Crippen LogP) is 3.67. The minimum absolute atomic E-state index is 0.233. The van der Waals surface area contributed by atoms with E-state index in [0.717, 1.165) is 16.8 Å². The molecule has 0 aliphatic heterocycles. The van der Waals surface area contributed by atoms with Crippen LogP contribution in [-0.2, 0) is 12.8 Å². The van der Waals surface area contributed by atoms with Gasteiger partial charge in [-0.05, 0) is 35.4 Å². The first kappa shape index (κ1) is 21.2. The van der Waals surface area contributed by atoms with E-state index < -0.39 is 5.54 Å². The quantitative estimate of drug-likeness (QED) is 0.515. The van der Waals surface area contributed by atoms with E-state index in [2.05, 4.69) is 43.1 Å². The number of oxazole rings is 1. The van der Waals surface area contributed by atoms with Crippen LogP contribution in [0.3, 0.4) is 0 Å². The molecule has 0 saturated carbocycles. The largest absolute Gasteiger partial charge is 0.448 e. The smallest absolute Gasteiger partial charge is 0.198 e. The lowest BCUT2D eigenvalue weighted by Gasteiger charge is -2.24. The van der Waals surface area contributed by atoms with Crippen molar-refractivity contribution in [2.45, 2.75) is 44.6 Å². The van der Waals surface area contributed by atoms with Crippen molar-refractivity contribution < 1.29 is 14.6 Å². The number of aromatic nitrogens is 1. The SMILES string of the molecule is CC(C)c1ccc(Cc2nc(-c3ccc(CCC(N)(CO)CO)cc3)co2)cc1. The minimum atomic E-state index is -0.937. The zero-order valence-corrected chi connectivity index (χ0v) is 17.1. The second-order valence-electron chi connectivity index (χ2n) is 8.08. The molecule has 1 aromatic heterocycles. The molecule has 0 aliphatic rings. The number of aryl methyl sites for hydroxylation is 1. The standard InChI is InChI=1S/C24H30N2O3/c1-17(2)20-7-5-19(6-8-20)13-23-26-22(14-29-23)21-9-3-18(4-10-21)11-12-24(25,15-27)16-28/h3-10,14,17,27-28H,11-13,15-16,25H2,1-2H3. The summed E-state index contributed by atoms with van der Waals surface area (Å²) in [5.41, 5.74) is 10.4. The Morgan fingerprint density at radius 2 is 1.59 bits per heavy atom. The van der Waals surface area contributed by atoms with Crippen molar-refractivity contribution >= 4 is 0 Å². The van der Waals surface area contributed by atoms with Gasteiger partial charge in [-0.15, -0.1) is 0 Å². The van der Waals surface area contributed by atoms with Gasteiger partial charge < -0.3 is 20.4 Å². The highest BCUT2D eigenvalue weighted by atomic mass is 16.3. The van der Waals surface area contributed by atoms with Crippen LogP contribution in [0, 0.1) is 0 Å². The topological polar surface area (TPSA) is 92.5 Å². The molecule has 3 rings (SSSR count). The van der Waals surface area contributed by atoms with Crippen molar-refractivity contribution in [1.82, 2.24) is 4.98 Å². The van der Waals surface area contributed by atoms with Crippen molar-refractivity contribution in [3.63, 3.8) is 0 Å². The molecule has 0 amide bonds. The second-order valence-corrected chi connectivity index (χ2v) is 8.08. The second kappa shape index (κ2) is 9.35. The minimum Gasteiger partial charge on any atom is -0.448 e. The molecule has 0 saturated heterocycles. The van der Waals surface area contributed by atoms with E-state index in [1.165, 1.54) is 11.1 Å². The summed E-state index contributed by atoms with van der Waals surface area (Å²) in [4.78, 5) is 4.62. The molecule has 1 heterocycles. The van der Waals surface area contributed by atoms with E-state index in [1.54, 1.807) is 6.26 Å². The fourth-order valence-corrected chi connectivity index (χ4v) is 3.16. The normalized spacial score (nSPS) is 11.9. The lowest BCUT2D eigenvalue weighted by molar-refractivity contribution is 0.115. The average molecular weight is 395 g/mol. The third kappa shape index (κ3) is 5.54. The van der Waals surface area contributed by atoms with Gasteiger partial charge >= 0.3 is 0 Å². The van der Waals surface area contributed by atoms with E-state index in [-0.39, 0.29) is 13.2 Å². The Kier molecular flexibility index (Phi) is 6.85. The molecule has 29 heavy (non-hydrogen) atoms. The molecule has 4 N–H and O–H groups in total. The molecule has 0 aliphatic carbocycles. The summed E-state index contributed by atoms with van der Waals surface area (Å²) in [5.74, 6) is 1.22. The zero-order chi connectivity index (χ0) is 20.9. The lowest BCUT2D eigenvalue weighted by atomic mass is 9.93. The molecule has 0 unspecified atom stereocenters. The van der Waals surface area contributed by atoms with Crippen molar-refractivity contribution in [3.05, 3.63) is 77.4 Å². The summed E-state index contributed by atoms with van der Waals surface area (Å²) >= 11 is 0. The van der Waals surface area contributed by atoms with E-state index in [0.29, 0.717) is 31.1 Å². The molecule has 0 radical (unpaired) electrons. The number of benzene rings is 2. The van der Waals surface area contributed by atoms with Crippen LogP contribution in [0.4, 0.5) is 0 Å². The van der Waals surface area contributed by atoms with Crippen LogP contribution in [0.25, 0.3) is 11.3 Å². The summed E-state index contributed by atoms with van der Waals surface area (Å²) in [6, 6.07) is 16.6. The Balaban J connectivity index is 1.62. The molecule has 0 spiro atoms. The fraction of sp³-hybridized carbons (Fsp3) is 0.375. The van der Waals surface area contributed by atoms with Crippen molar-refractivity contribution in [1.29, 1.82) is 0 Å². The maximum absolute atomic E-state index is 9.30. The van der Waals surface area contributed by atoms with Crippen LogP contribution in [0.2, 0.25) is 0 Å². The highest BCUT2D eigenvalue weighted by Gasteiger charge is 2.22. The van der Waals surface area contributed by atoms with Crippen molar-refractivity contribution in [2.75, 3.05) is 13.2 Å². The van der Waals surface area contributed by atoms with Gasteiger partial charge in [0.25, 0.3) is 0 Å². The summed E-state index contributed by atoms with van der Waals surface area (Å²) in [6.07, 6.45) is 3.56. The molecule has 3 aromatic rings. The number of aliphatic hydroxyl groups excluding tert-OH is 2. The highest BCUT2D eigenvalue weighted by Crippen LogP contribution is 2.22. The molecule has 0 fully saturated rings. The molecule has 154 valence electrons. The molecule has 0 atom stereocenters. The fourth-order valence-electron chi connectivity index (χ4n) is 3.16. The van der Waals surface area contributed by atoms with Crippen LogP contribution < -0.4 is 5.73 Å². The maximum Gasteiger partial charge on any atom is 0.198 e. The number of nitrogens with zero attached hydrogens (tertiary/aromatic N) is 1. The van der Waals surface area contributed by atoms with E-state index in [9.17, 15) is 10.2 Å². The van der Waals surface area contributed by atoms with Crippen LogP contribution >= 0.6 is 0 Å². The predicted molar refractivity (Wildman–Crippen MR) is 115 cm³/mol. The Morgan fingerprint density at radius 3 is 2.17 bits per heavy atom. The third-order valence-electron chi connectivity index (χ3n) is 5.34. The van der Waals surface area contributed by atoms with Gasteiger partial charge in [0.15, 0.2) is 5.89 Å². The molecular formula is C24H30N2O3. The molecule has 0 bridgehead atoms. The summed E-state index contributed by atoms with van der Waals surface area (Å²) in [5, 5.41) is 18.6. The molecule has 5 heteroatoms. The molecular weight excluding hydrogens is 364 g/mol. The first-order chi connectivity index (χ1) is 13.9. The Bertz CT molecular complexity index is 895. The number of hydrogen-bond donors (Lipinski definition) is 3.